The van der Waals surface area contributed by atoms with Gasteiger partial charge in [-0.3, -0.25) is 9.59 Å². The number of nitrogens with zero attached hydrogens (tertiary/aromatic N) is 3. The van der Waals surface area contributed by atoms with Crippen LogP contribution in [0.1, 0.15) is 17.7 Å². The highest BCUT2D eigenvalue weighted by atomic mass is 16.2. The van der Waals surface area contributed by atoms with Crippen LogP contribution in [0, 0.1) is 42.4 Å². The molecule has 0 radical (unpaired) electrons. The third-order valence-electron chi connectivity index (χ3n) is 7.39. The van der Waals surface area contributed by atoms with E-state index in [0.29, 0.717) is 11.8 Å². The molecule has 5 nitrogen and oxygen atoms in total. The molecule has 1 aromatic carbocycles. The molecule has 7 rings (SSSR count). The van der Waals surface area contributed by atoms with E-state index in [-0.39, 0.29) is 35.5 Å². The number of imide groups is 1. The summed E-state index contributed by atoms with van der Waals surface area (Å²) >= 11 is 0. The van der Waals surface area contributed by atoms with Crippen LogP contribution >= 0.6 is 0 Å². The van der Waals surface area contributed by atoms with Crippen molar-refractivity contribution in [2.75, 3.05) is 0 Å². The van der Waals surface area contributed by atoms with Crippen LogP contribution in [-0.4, -0.2) is 27.6 Å². The number of amides is 2. The van der Waals surface area contributed by atoms with Gasteiger partial charge in [-0.2, -0.15) is 10.1 Å². The summed E-state index contributed by atoms with van der Waals surface area (Å²) in [5, 5.41) is 6.65. The first kappa shape index (κ1) is 15.4. The molecule has 6 atom stereocenters. The van der Waals surface area contributed by atoms with Crippen LogP contribution in [-0.2, 0) is 16.6 Å². The van der Waals surface area contributed by atoms with Crippen LogP contribution in [0.15, 0.2) is 41.5 Å². The summed E-state index contributed by atoms with van der Waals surface area (Å²) in [6, 6.07) is 8.12. The first-order chi connectivity index (χ1) is 13.1. The Hall–Kier alpha value is -2.69. The predicted molar refractivity (Wildman–Crippen MR) is 102 cm³/mol. The number of fused-ring (bicyclic) bond motifs is 1. The van der Waals surface area contributed by atoms with E-state index in [2.05, 4.69) is 34.0 Å². The Labute approximate surface area is 157 Å². The second-order valence-corrected chi connectivity index (χ2v) is 8.46. The molecule has 2 amide bonds. The van der Waals surface area contributed by atoms with Crippen LogP contribution in [0.4, 0.5) is 0 Å². The van der Waals surface area contributed by atoms with Gasteiger partial charge in [0.2, 0.25) is 0 Å². The van der Waals surface area contributed by atoms with Gasteiger partial charge in [0.15, 0.2) is 0 Å². The van der Waals surface area contributed by atoms with Gasteiger partial charge in [-0.05, 0) is 43.1 Å². The summed E-state index contributed by atoms with van der Waals surface area (Å²) in [4.78, 5) is 26.1. The van der Waals surface area contributed by atoms with Gasteiger partial charge < -0.3 is 4.57 Å². The van der Waals surface area contributed by atoms with E-state index >= 15 is 0 Å². The quantitative estimate of drug-likeness (QED) is 0.470. The minimum absolute atomic E-state index is 0.108. The highest BCUT2D eigenvalue weighted by Gasteiger charge is 2.67. The maximum atomic E-state index is 13.0. The van der Waals surface area contributed by atoms with Gasteiger partial charge in [-0.15, -0.1) is 0 Å². The first-order valence-corrected chi connectivity index (χ1v) is 9.72. The molecule has 136 valence electrons. The van der Waals surface area contributed by atoms with Gasteiger partial charge in [-0.25, -0.2) is 0 Å². The van der Waals surface area contributed by atoms with E-state index in [1.807, 2.05) is 26.1 Å². The summed E-state index contributed by atoms with van der Waals surface area (Å²) < 4.78 is 2.11. The molecule has 2 saturated carbocycles. The Morgan fingerprint density at radius 1 is 1.04 bits per heavy atom. The van der Waals surface area contributed by atoms with Crippen LogP contribution in [0.3, 0.4) is 0 Å². The Balaban J connectivity index is 1.38. The predicted octanol–water partition coefficient (Wildman–Crippen LogP) is 2.87. The molecule has 1 saturated heterocycles. The minimum atomic E-state index is -0.193. The number of allylic oxidation sites excluding steroid dienone is 2. The van der Waals surface area contributed by atoms with Crippen LogP contribution < -0.4 is 0 Å². The number of carbonyl (C=O) groups is 2. The fourth-order valence-corrected chi connectivity index (χ4v) is 5.88. The molecule has 0 spiro atoms. The molecule has 3 fully saturated rings. The van der Waals surface area contributed by atoms with Gasteiger partial charge in [0.1, 0.15) is 0 Å². The van der Waals surface area contributed by atoms with Crippen molar-refractivity contribution in [2.24, 2.45) is 47.7 Å². The smallest absolute Gasteiger partial charge is 0.254 e. The molecule has 1 aliphatic heterocycles. The molecule has 5 heteroatoms. The van der Waals surface area contributed by atoms with Crippen molar-refractivity contribution in [1.29, 1.82) is 0 Å². The number of hydrogen-bond donors (Lipinski definition) is 0. The van der Waals surface area contributed by atoms with E-state index in [4.69, 9.17) is 0 Å². The molecule has 4 aliphatic carbocycles. The SMILES string of the molecule is Cc1c(/C=N\N2C(=O)[C@@H]3[C@H]4C=C[C@@H]([C@@H]5C[C@@H]45)[C@@H]3C2=O)c2ccccc2n1C. The fourth-order valence-electron chi connectivity index (χ4n) is 5.88. The van der Waals surface area contributed by atoms with Gasteiger partial charge in [-0.1, -0.05) is 30.4 Å². The first-order valence-electron chi connectivity index (χ1n) is 9.72. The second-order valence-electron chi connectivity index (χ2n) is 8.46. The largest absolute Gasteiger partial charge is 0.347 e. The third-order valence-corrected chi connectivity index (χ3v) is 7.39. The summed E-state index contributed by atoms with van der Waals surface area (Å²) in [6.07, 6.45) is 7.25. The fraction of sp³-hybridized carbons (Fsp3) is 0.409. The van der Waals surface area contributed by atoms with E-state index in [1.54, 1.807) is 6.21 Å². The number of hydrazone groups is 1. The zero-order valence-electron chi connectivity index (χ0n) is 15.4. The number of para-hydroxylation sites is 1. The number of aromatic nitrogens is 1. The van der Waals surface area contributed by atoms with Crippen molar-refractivity contribution in [3.8, 4) is 0 Å². The molecule has 5 aliphatic rings. The normalized spacial score (nSPS) is 36.1. The van der Waals surface area contributed by atoms with Crippen LogP contribution in [0.25, 0.3) is 10.9 Å². The van der Waals surface area contributed by atoms with Crippen molar-refractivity contribution in [3.63, 3.8) is 0 Å². The maximum Gasteiger partial charge on any atom is 0.254 e. The summed E-state index contributed by atoms with van der Waals surface area (Å²) in [5.74, 6) is 1.10. The third kappa shape index (κ3) is 1.82. The number of benzene rings is 1. The molecular weight excluding hydrogens is 338 g/mol. The van der Waals surface area contributed by atoms with Crippen molar-refractivity contribution in [3.05, 3.63) is 47.7 Å². The Morgan fingerprint density at radius 3 is 2.33 bits per heavy atom. The molecule has 2 heterocycles. The molecule has 2 aromatic rings. The maximum absolute atomic E-state index is 13.0. The van der Waals surface area contributed by atoms with E-state index in [9.17, 15) is 9.59 Å². The Bertz CT molecular complexity index is 1040. The van der Waals surface area contributed by atoms with Gasteiger partial charge >= 0.3 is 0 Å². The van der Waals surface area contributed by atoms with Gasteiger partial charge in [0, 0.05) is 29.2 Å². The number of carbonyl (C=O) groups excluding carboxylic acids is 2. The van der Waals surface area contributed by atoms with Crippen molar-refractivity contribution < 1.29 is 9.59 Å². The summed E-state index contributed by atoms with van der Waals surface area (Å²) in [6.45, 7) is 2.03. The average Bonchev–Trinajstić information content (AvgIpc) is 3.43. The molecule has 27 heavy (non-hydrogen) atoms. The zero-order chi connectivity index (χ0) is 18.4. The second kappa shape index (κ2) is 4.97. The standard InChI is InChI=1S/C22H21N3O2/c1-11-17(12-5-3-4-6-18(12)24(11)2)10-23-25-21(26)19-13-7-8-14(16-9-15(13)16)20(19)22(25)27/h3-8,10,13-16,19-20H,9H2,1-2H3/b23-10-/t13-,14-,15-,16-,19-,20+/m0/s1. The van der Waals surface area contributed by atoms with Crippen LogP contribution in [0.2, 0.25) is 0 Å². The average molecular weight is 359 g/mol. The summed E-state index contributed by atoms with van der Waals surface area (Å²) in [5.41, 5.74) is 3.15. The highest BCUT2D eigenvalue weighted by Crippen LogP contribution is 2.65. The molecular formula is C22H21N3O2. The van der Waals surface area contributed by atoms with E-state index in [0.717, 1.165) is 27.2 Å². The lowest BCUT2D eigenvalue weighted by molar-refractivity contribution is -0.140. The van der Waals surface area contributed by atoms with Crippen molar-refractivity contribution in [1.82, 2.24) is 9.58 Å². The summed E-state index contributed by atoms with van der Waals surface area (Å²) in [7, 11) is 2.02. The number of hydrogen-bond acceptors (Lipinski definition) is 3. The van der Waals surface area contributed by atoms with Gasteiger partial charge in [0.25, 0.3) is 11.8 Å². The zero-order valence-corrected chi connectivity index (χ0v) is 15.4. The number of rotatable bonds is 2. The van der Waals surface area contributed by atoms with Crippen molar-refractivity contribution in [2.45, 2.75) is 13.3 Å². The van der Waals surface area contributed by atoms with Gasteiger partial charge in [0.05, 0.1) is 18.1 Å². The molecule has 0 unspecified atom stereocenters. The molecule has 1 aromatic heterocycles. The Morgan fingerprint density at radius 2 is 1.67 bits per heavy atom. The monoisotopic (exact) mass is 359 g/mol. The lowest BCUT2D eigenvalue weighted by Gasteiger charge is -2.37. The Kier molecular flexibility index (Phi) is 2.83. The van der Waals surface area contributed by atoms with E-state index in [1.165, 1.54) is 6.42 Å². The topological polar surface area (TPSA) is 54.7 Å². The highest BCUT2D eigenvalue weighted by molar-refractivity contribution is 6.08. The molecule has 2 bridgehead atoms. The lowest BCUT2D eigenvalue weighted by Crippen LogP contribution is -2.40. The minimum Gasteiger partial charge on any atom is -0.347 e. The number of aryl methyl sites for hydroxylation is 1. The van der Waals surface area contributed by atoms with Crippen molar-refractivity contribution >= 4 is 28.9 Å². The van der Waals surface area contributed by atoms with Crippen LogP contribution in [0.5, 0.6) is 0 Å². The molecule has 0 N–H and O–H groups in total. The van der Waals surface area contributed by atoms with E-state index < -0.39 is 0 Å². The lowest BCUT2D eigenvalue weighted by atomic mass is 9.63.